The van der Waals surface area contributed by atoms with E-state index in [1.165, 1.54) is 11.8 Å². The number of carbonyl (C=O) groups excluding carboxylic acids is 1. The lowest BCUT2D eigenvalue weighted by Gasteiger charge is -2.12. The van der Waals surface area contributed by atoms with Crippen molar-refractivity contribution in [3.05, 3.63) is 86.2 Å². The van der Waals surface area contributed by atoms with E-state index >= 15 is 0 Å². The van der Waals surface area contributed by atoms with Gasteiger partial charge in [0.05, 0.1) is 27.8 Å². The summed E-state index contributed by atoms with van der Waals surface area (Å²) in [5.74, 6) is 0.661. The highest BCUT2D eigenvalue weighted by Crippen LogP contribution is 2.33. The molecule has 2 N–H and O–H groups in total. The lowest BCUT2D eigenvalue weighted by atomic mass is 10.2. The number of hydrogen-bond acceptors (Lipinski definition) is 6. The van der Waals surface area contributed by atoms with Gasteiger partial charge in [-0.1, -0.05) is 42.5 Å². The summed E-state index contributed by atoms with van der Waals surface area (Å²) < 4.78 is 12.8. The van der Waals surface area contributed by atoms with E-state index in [0.29, 0.717) is 37.4 Å². The van der Waals surface area contributed by atoms with Gasteiger partial charge in [-0.05, 0) is 52.4 Å². The average molecular weight is 554 g/mol. The molecule has 4 rings (SSSR count). The zero-order chi connectivity index (χ0) is 23.4. The minimum atomic E-state index is -0.588. The quantitative estimate of drug-likeness (QED) is 0.278. The number of ether oxygens (including phenoxy) is 2. The third-order valence-electron chi connectivity index (χ3n) is 4.72. The minimum absolute atomic E-state index is 0.265. The Kier molecular flexibility index (Phi) is 6.68. The molecule has 166 valence electrons. The molecule has 0 atom stereocenters. The minimum Gasteiger partial charge on any atom is -0.493 e. The van der Waals surface area contributed by atoms with E-state index in [0.717, 1.165) is 5.56 Å². The van der Waals surface area contributed by atoms with Crippen LogP contribution in [0.4, 0.5) is 0 Å². The molecule has 0 saturated carbocycles. The van der Waals surface area contributed by atoms with E-state index in [1.807, 2.05) is 36.4 Å². The fourth-order valence-electron chi connectivity index (χ4n) is 3.23. The first-order chi connectivity index (χ1) is 16.0. The first kappa shape index (κ1) is 22.5. The molecule has 0 bridgehead atoms. The number of hydrogen-bond donors (Lipinski definition) is 1. The molecule has 0 unspecified atom stereocenters. The molecule has 33 heavy (non-hydrogen) atoms. The van der Waals surface area contributed by atoms with E-state index in [2.05, 4.69) is 32.7 Å². The topological polar surface area (TPSA) is 109 Å². The lowest BCUT2D eigenvalue weighted by molar-refractivity contribution is -0.119. The maximum absolute atomic E-state index is 13.3. The van der Waals surface area contributed by atoms with E-state index in [4.69, 9.17) is 15.2 Å². The van der Waals surface area contributed by atoms with E-state index in [-0.39, 0.29) is 12.2 Å². The van der Waals surface area contributed by atoms with E-state index in [1.54, 1.807) is 36.5 Å². The van der Waals surface area contributed by atoms with Gasteiger partial charge in [0.1, 0.15) is 0 Å². The van der Waals surface area contributed by atoms with Gasteiger partial charge in [-0.25, -0.2) is 4.98 Å². The number of halogens is 1. The summed E-state index contributed by atoms with van der Waals surface area (Å²) in [6.07, 6.45) is 1.55. The third kappa shape index (κ3) is 4.87. The summed E-state index contributed by atoms with van der Waals surface area (Å²) in [4.78, 5) is 29.0. The van der Waals surface area contributed by atoms with Crippen LogP contribution < -0.4 is 20.8 Å². The molecule has 0 fully saturated rings. The van der Waals surface area contributed by atoms with Gasteiger partial charge in [0, 0.05) is 5.56 Å². The van der Waals surface area contributed by atoms with Gasteiger partial charge in [-0.3, -0.25) is 9.59 Å². The van der Waals surface area contributed by atoms with Crippen molar-refractivity contribution >= 4 is 45.6 Å². The Morgan fingerprint density at radius 2 is 1.88 bits per heavy atom. The number of rotatable bonds is 7. The molecule has 8 nitrogen and oxygen atoms in total. The zero-order valence-corrected chi connectivity index (χ0v) is 19.7. The number of nitrogens with zero attached hydrogens (tertiary/aromatic N) is 3. The van der Waals surface area contributed by atoms with Crippen LogP contribution in [0.25, 0.3) is 22.3 Å². The molecule has 0 aliphatic carbocycles. The Morgan fingerprint density at radius 3 is 2.61 bits per heavy atom. The van der Waals surface area contributed by atoms with Crippen LogP contribution in [0.2, 0.25) is 0 Å². The molecule has 0 saturated heterocycles. The molecule has 1 heterocycles. The highest BCUT2D eigenvalue weighted by Gasteiger charge is 2.14. The van der Waals surface area contributed by atoms with Gasteiger partial charge in [-0.15, -0.1) is 0 Å². The molecule has 4 aromatic rings. The Hall–Kier alpha value is -3.73. The number of para-hydroxylation sites is 1. The van der Waals surface area contributed by atoms with Gasteiger partial charge in [0.25, 0.3) is 11.5 Å². The number of methoxy groups -OCH3 is 1. The van der Waals surface area contributed by atoms with Gasteiger partial charge in [0.2, 0.25) is 0 Å². The molecule has 0 aliphatic heterocycles. The summed E-state index contributed by atoms with van der Waals surface area (Å²) in [5, 5.41) is 4.93. The van der Waals surface area contributed by atoms with Crippen molar-refractivity contribution < 1.29 is 14.3 Å². The summed E-state index contributed by atoms with van der Waals surface area (Å²) >= 11 is 2.07. The van der Waals surface area contributed by atoms with Crippen LogP contribution in [-0.2, 0) is 4.79 Å². The molecule has 1 amide bonds. The van der Waals surface area contributed by atoms with Crippen LogP contribution in [-0.4, -0.2) is 35.5 Å². The molecular weight excluding hydrogens is 535 g/mol. The van der Waals surface area contributed by atoms with Crippen LogP contribution in [0.15, 0.2) is 76.6 Å². The van der Waals surface area contributed by atoms with Crippen molar-refractivity contribution in [2.75, 3.05) is 13.7 Å². The third-order valence-corrected chi connectivity index (χ3v) is 5.52. The predicted octanol–water partition coefficient (Wildman–Crippen LogP) is 3.42. The van der Waals surface area contributed by atoms with Crippen molar-refractivity contribution in [2.24, 2.45) is 10.8 Å². The normalized spacial score (nSPS) is 11.1. The number of aromatic nitrogens is 2. The van der Waals surface area contributed by atoms with Crippen molar-refractivity contribution in [1.82, 2.24) is 9.66 Å². The van der Waals surface area contributed by atoms with E-state index in [9.17, 15) is 9.59 Å². The Balaban J connectivity index is 1.81. The van der Waals surface area contributed by atoms with Gasteiger partial charge >= 0.3 is 0 Å². The molecule has 0 spiro atoms. The van der Waals surface area contributed by atoms with Crippen LogP contribution in [0, 0.1) is 3.57 Å². The Bertz CT molecular complexity index is 1420. The highest BCUT2D eigenvalue weighted by atomic mass is 127. The highest BCUT2D eigenvalue weighted by molar-refractivity contribution is 14.1. The number of benzene rings is 3. The summed E-state index contributed by atoms with van der Waals surface area (Å²) in [5.41, 5.74) is 6.92. The summed E-state index contributed by atoms with van der Waals surface area (Å²) in [6, 6.07) is 20.1. The zero-order valence-electron chi connectivity index (χ0n) is 17.6. The summed E-state index contributed by atoms with van der Waals surface area (Å²) in [6.45, 7) is -0.265. The fraction of sp³-hybridized carbons (Fsp3) is 0.0833. The Morgan fingerprint density at radius 1 is 1.15 bits per heavy atom. The number of fused-ring (bicyclic) bond motifs is 1. The first-order valence-electron chi connectivity index (χ1n) is 9.88. The average Bonchev–Trinajstić information content (AvgIpc) is 2.82. The van der Waals surface area contributed by atoms with Gasteiger partial charge in [0.15, 0.2) is 23.9 Å². The molecule has 0 aliphatic rings. The van der Waals surface area contributed by atoms with Crippen LogP contribution in [0.5, 0.6) is 11.5 Å². The van der Waals surface area contributed by atoms with Crippen molar-refractivity contribution in [1.29, 1.82) is 0 Å². The second-order valence-electron chi connectivity index (χ2n) is 6.97. The maximum Gasteiger partial charge on any atom is 0.282 e. The molecular formula is C24H19IN4O4. The lowest BCUT2D eigenvalue weighted by Crippen LogP contribution is -2.21. The number of carbonyl (C=O) groups is 1. The smallest absolute Gasteiger partial charge is 0.282 e. The van der Waals surface area contributed by atoms with Gasteiger partial charge in [-0.2, -0.15) is 9.78 Å². The molecule has 0 radical (unpaired) electrons. The van der Waals surface area contributed by atoms with Crippen LogP contribution >= 0.6 is 22.6 Å². The number of nitrogens with two attached hydrogens (primary N) is 1. The summed E-state index contributed by atoms with van der Waals surface area (Å²) in [7, 11) is 1.49. The van der Waals surface area contributed by atoms with Crippen molar-refractivity contribution in [3.63, 3.8) is 0 Å². The second kappa shape index (κ2) is 9.82. The number of amides is 1. The van der Waals surface area contributed by atoms with Gasteiger partial charge < -0.3 is 15.2 Å². The largest absolute Gasteiger partial charge is 0.493 e. The maximum atomic E-state index is 13.3. The standard InChI is InChI=1S/C24H19IN4O4/c1-32-20-12-15(11-18(25)22(20)33-14-21(26)30)13-27-29-23(16-7-3-2-4-8-16)28-19-10-6-5-9-17(19)24(29)31/h2-13H,14H2,1H3,(H2,26,30). The van der Waals surface area contributed by atoms with Crippen molar-refractivity contribution in [3.8, 4) is 22.9 Å². The van der Waals surface area contributed by atoms with Crippen LogP contribution in [0.3, 0.4) is 0 Å². The monoisotopic (exact) mass is 554 g/mol. The Labute approximate surface area is 202 Å². The predicted molar refractivity (Wildman–Crippen MR) is 135 cm³/mol. The first-order valence-corrected chi connectivity index (χ1v) is 11.0. The SMILES string of the molecule is COc1cc(C=Nn2c(-c3ccccc3)nc3ccccc3c2=O)cc(I)c1OCC(N)=O. The molecule has 3 aromatic carbocycles. The molecule has 9 heteroatoms. The van der Waals surface area contributed by atoms with Crippen molar-refractivity contribution in [2.45, 2.75) is 0 Å². The van der Waals surface area contributed by atoms with Crippen LogP contribution in [0.1, 0.15) is 5.56 Å². The second-order valence-corrected chi connectivity index (χ2v) is 8.13. The fourth-order valence-corrected chi connectivity index (χ4v) is 4.01. The van der Waals surface area contributed by atoms with E-state index < -0.39 is 5.91 Å². The number of primary amides is 1. The molecule has 1 aromatic heterocycles.